The van der Waals surface area contributed by atoms with Crippen molar-refractivity contribution in [2.24, 2.45) is 0 Å². The van der Waals surface area contributed by atoms with Crippen LogP contribution in [0.4, 0.5) is 0 Å². The van der Waals surface area contributed by atoms with Gasteiger partial charge in [0.1, 0.15) is 19.3 Å². The summed E-state index contributed by atoms with van der Waals surface area (Å²) in [4.78, 5) is 37.6. The van der Waals surface area contributed by atoms with Crippen LogP contribution >= 0.6 is 7.82 Å². The van der Waals surface area contributed by atoms with Gasteiger partial charge >= 0.3 is 13.8 Å². The molecule has 0 aromatic carbocycles. The lowest BCUT2D eigenvalue weighted by molar-refractivity contribution is -0.870. The van der Waals surface area contributed by atoms with Gasteiger partial charge in [0.15, 0.2) is 0 Å². The third kappa shape index (κ3) is 55.5. The van der Waals surface area contributed by atoms with Crippen molar-refractivity contribution in [1.29, 1.82) is 0 Å². The van der Waals surface area contributed by atoms with E-state index in [2.05, 4.69) is 105 Å². The van der Waals surface area contributed by atoms with Gasteiger partial charge in [0.2, 0.25) is 5.91 Å². The largest absolute Gasteiger partial charge is 0.472 e. The van der Waals surface area contributed by atoms with Gasteiger partial charge in [0.25, 0.3) is 0 Å². The number of carbonyl (C=O) groups excluding carboxylic acids is 2. The summed E-state index contributed by atoms with van der Waals surface area (Å²) < 4.78 is 30.6. The molecule has 0 aromatic rings. The van der Waals surface area contributed by atoms with Gasteiger partial charge in [-0.3, -0.25) is 18.6 Å². The molecule has 0 heterocycles. The van der Waals surface area contributed by atoms with Gasteiger partial charge in [-0.25, -0.2) is 4.57 Å². The molecule has 0 aliphatic carbocycles. The van der Waals surface area contributed by atoms with E-state index in [0.717, 1.165) is 83.5 Å². The molecule has 9 nitrogen and oxygen atoms in total. The molecule has 0 bridgehead atoms. The SMILES string of the molecule is CC/C=C\C/C=C\C/C=C\C/C=C\C/C=C\C/C=C\CCC(=O)OC(/C=C/CCCCCCCCCCC)C(COP(=O)(O)OCC[N+](C)(C)C)NC(=O)CCCCCCCCCCC/C=C/CCCCCCCC. The van der Waals surface area contributed by atoms with Crippen molar-refractivity contribution in [2.45, 2.75) is 264 Å². The molecule has 1 amide bonds. The second kappa shape index (κ2) is 54.3. The van der Waals surface area contributed by atoms with E-state index in [1.807, 2.05) is 39.4 Å². The minimum Gasteiger partial charge on any atom is -0.456 e. The number of allylic oxidation sites excluding steroid dienone is 15. The maximum absolute atomic E-state index is 13.5. The van der Waals surface area contributed by atoms with E-state index < -0.39 is 25.9 Å². The van der Waals surface area contributed by atoms with E-state index in [9.17, 15) is 19.0 Å². The Morgan fingerprint density at radius 2 is 0.867 bits per heavy atom. The highest BCUT2D eigenvalue weighted by Gasteiger charge is 2.30. The first-order valence-electron chi connectivity index (χ1n) is 30.6. The highest BCUT2D eigenvalue weighted by atomic mass is 31.2. The number of esters is 1. The Balaban J connectivity index is 5.35. The van der Waals surface area contributed by atoms with Crippen LogP contribution in [0.15, 0.2) is 97.2 Å². The van der Waals surface area contributed by atoms with E-state index in [0.29, 0.717) is 23.9 Å². The molecule has 75 heavy (non-hydrogen) atoms. The zero-order valence-electron chi connectivity index (χ0n) is 49.3. The molecule has 3 unspecified atom stereocenters. The van der Waals surface area contributed by atoms with Crippen LogP contribution in [0, 0.1) is 0 Å². The lowest BCUT2D eigenvalue weighted by Crippen LogP contribution is -2.47. The van der Waals surface area contributed by atoms with Gasteiger partial charge in [0, 0.05) is 12.8 Å². The maximum Gasteiger partial charge on any atom is 0.472 e. The Bertz CT molecular complexity index is 1610. The van der Waals surface area contributed by atoms with Gasteiger partial charge in [-0.15, -0.1) is 0 Å². The first-order chi connectivity index (χ1) is 36.4. The molecule has 0 radical (unpaired) electrons. The third-order valence-corrected chi connectivity index (χ3v) is 14.0. The summed E-state index contributed by atoms with van der Waals surface area (Å²) in [6, 6.07) is -0.884. The molecule has 0 spiro atoms. The van der Waals surface area contributed by atoms with E-state index in [1.165, 1.54) is 128 Å². The number of phosphoric ester groups is 1. The Morgan fingerprint density at radius 1 is 0.480 bits per heavy atom. The van der Waals surface area contributed by atoms with Crippen molar-refractivity contribution in [2.75, 3.05) is 40.9 Å². The Morgan fingerprint density at radius 3 is 1.31 bits per heavy atom. The molecule has 0 aliphatic rings. The Kier molecular flexibility index (Phi) is 52.1. The number of nitrogens with one attached hydrogen (secondary N) is 1. The van der Waals surface area contributed by atoms with Gasteiger partial charge in [-0.05, 0) is 96.0 Å². The summed E-state index contributed by atoms with van der Waals surface area (Å²) in [6.07, 6.45) is 72.8. The topological polar surface area (TPSA) is 111 Å². The summed E-state index contributed by atoms with van der Waals surface area (Å²) >= 11 is 0. The van der Waals surface area contributed by atoms with Crippen LogP contribution in [-0.2, 0) is 27.9 Å². The van der Waals surface area contributed by atoms with Crippen LogP contribution in [0.3, 0.4) is 0 Å². The molecular weight excluding hydrogens is 952 g/mol. The number of unbranched alkanes of at least 4 members (excludes halogenated alkanes) is 24. The number of phosphoric acid groups is 1. The molecule has 0 aromatic heterocycles. The number of hydrogen-bond acceptors (Lipinski definition) is 6. The van der Waals surface area contributed by atoms with Crippen molar-refractivity contribution in [3.8, 4) is 0 Å². The van der Waals surface area contributed by atoms with Crippen LogP contribution < -0.4 is 5.32 Å². The summed E-state index contributed by atoms with van der Waals surface area (Å²) in [5, 5.41) is 3.03. The third-order valence-electron chi connectivity index (χ3n) is 13.0. The normalized spacial score (nSPS) is 14.4. The number of rotatable bonds is 54. The van der Waals surface area contributed by atoms with Gasteiger partial charge in [-0.2, -0.15) is 0 Å². The minimum atomic E-state index is -4.47. The van der Waals surface area contributed by atoms with Crippen molar-refractivity contribution in [1.82, 2.24) is 5.32 Å². The number of nitrogens with zero attached hydrogens (tertiary/aromatic N) is 1. The van der Waals surface area contributed by atoms with Crippen LogP contribution in [0.1, 0.15) is 252 Å². The van der Waals surface area contributed by atoms with E-state index in [1.54, 1.807) is 0 Å². The number of amides is 1. The van der Waals surface area contributed by atoms with Gasteiger partial charge < -0.3 is 19.4 Å². The molecule has 3 atom stereocenters. The predicted molar refractivity (Wildman–Crippen MR) is 323 cm³/mol. The molecule has 432 valence electrons. The van der Waals surface area contributed by atoms with Crippen molar-refractivity contribution in [3.63, 3.8) is 0 Å². The number of hydrogen-bond donors (Lipinski definition) is 2. The lowest BCUT2D eigenvalue weighted by atomic mass is 10.0. The van der Waals surface area contributed by atoms with Gasteiger partial charge in [-0.1, -0.05) is 240 Å². The highest BCUT2D eigenvalue weighted by molar-refractivity contribution is 7.47. The second-order valence-electron chi connectivity index (χ2n) is 21.5. The monoisotopic (exact) mass is 1070 g/mol. The Labute approximate surface area is 462 Å². The van der Waals surface area contributed by atoms with Crippen molar-refractivity contribution in [3.05, 3.63) is 97.2 Å². The van der Waals surface area contributed by atoms with Crippen LogP contribution in [0.2, 0.25) is 0 Å². The van der Waals surface area contributed by atoms with E-state index in [4.69, 9.17) is 13.8 Å². The quantitative estimate of drug-likeness (QED) is 0.0205. The first kappa shape index (κ1) is 71.9. The van der Waals surface area contributed by atoms with Crippen molar-refractivity contribution < 1.29 is 37.3 Å². The predicted octanol–water partition coefficient (Wildman–Crippen LogP) is 18.8. The van der Waals surface area contributed by atoms with Crippen LogP contribution in [-0.4, -0.2) is 74.3 Å². The molecule has 0 fully saturated rings. The average molecular weight is 1070 g/mol. The molecule has 0 rings (SSSR count). The van der Waals surface area contributed by atoms with Gasteiger partial charge in [0.05, 0.1) is 33.8 Å². The fraction of sp³-hybridized carbons (Fsp3) is 0.723. The molecule has 0 saturated carbocycles. The minimum absolute atomic E-state index is 0.0248. The molecule has 2 N–H and O–H groups in total. The summed E-state index contributed by atoms with van der Waals surface area (Å²) in [5.74, 6) is -0.608. The summed E-state index contributed by atoms with van der Waals surface area (Å²) in [5.41, 5.74) is 0. The summed E-state index contributed by atoms with van der Waals surface area (Å²) in [7, 11) is 1.45. The summed E-state index contributed by atoms with van der Waals surface area (Å²) in [6.45, 7) is 6.84. The number of ether oxygens (including phenoxy) is 1. The molecule has 0 aliphatic heterocycles. The number of likely N-dealkylation sites (N-methyl/N-ethyl adjacent to an activating group) is 1. The smallest absolute Gasteiger partial charge is 0.456 e. The van der Waals surface area contributed by atoms with E-state index >= 15 is 0 Å². The zero-order chi connectivity index (χ0) is 55.0. The van der Waals surface area contributed by atoms with Crippen LogP contribution in [0.5, 0.6) is 0 Å². The maximum atomic E-state index is 13.5. The fourth-order valence-corrected chi connectivity index (χ4v) is 9.05. The average Bonchev–Trinajstić information content (AvgIpc) is 3.37. The first-order valence-corrected chi connectivity index (χ1v) is 32.1. The number of quaternary nitrogens is 1. The standard InChI is InChI=1S/C65H115N2O7P/c1-7-10-13-16-19-22-25-27-29-31-33-35-37-39-42-45-48-51-54-57-64(68)66-62(61-73-75(70,71)72-60-59-67(4,5)6)63(56-53-50-47-44-41-24-21-18-15-12-9-3)74-65(69)58-55-52-49-46-43-40-38-36-34-32-30-28-26-23-20-17-14-11-8-2/h11,14,20,23,27-30,34,36,40,43,49,52-53,56,62-63H,7-10,12-13,15-19,21-22,24-26,31-33,35,37-39,41-42,44-48,50-51,54-55,57-61H2,1-6H3,(H-,66,68,70,71)/p+1/b14-11-,23-20-,29-27+,30-28-,36-34-,43-40-,52-49-,56-53+. The molecule has 10 heteroatoms. The second-order valence-corrected chi connectivity index (χ2v) is 22.9. The molecule has 0 saturated heterocycles. The van der Waals surface area contributed by atoms with Crippen LogP contribution in [0.25, 0.3) is 0 Å². The van der Waals surface area contributed by atoms with E-state index in [-0.39, 0.29) is 25.5 Å². The highest BCUT2D eigenvalue weighted by Crippen LogP contribution is 2.43. The molecular formula is C65H116N2O7P+. The number of carbonyl (C=O) groups is 2. The zero-order valence-corrected chi connectivity index (χ0v) is 50.2. The van der Waals surface area contributed by atoms with Crippen molar-refractivity contribution >= 4 is 19.7 Å². The lowest BCUT2D eigenvalue weighted by Gasteiger charge is -2.27. The fourth-order valence-electron chi connectivity index (χ4n) is 8.31. The Hall–Kier alpha value is -3.07.